The van der Waals surface area contributed by atoms with Gasteiger partial charge in [0, 0.05) is 6.20 Å². The molecule has 0 aliphatic carbocycles. The zero-order valence-corrected chi connectivity index (χ0v) is 10.9. The molecule has 0 saturated carbocycles. The zero-order valence-electron chi connectivity index (χ0n) is 8.51. The average Bonchev–Trinajstić information content (AvgIpc) is 2.60. The Labute approximate surface area is 102 Å². The number of anilines is 1. The fourth-order valence-corrected chi connectivity index (χ4v) is 2.27. The van der Waals surface area contributed by atoms with Crippen LogP contribution >= 0.6 is 15.9 Å². The van der Waals surface area contributed by atoms with Crippen molar-refractivity contribution in [1.29, 1.82) is 0 Å². The lowest BCUT2D eigenvalue weighted by molar-refractivity contribution is 0.602. The van der Waals surface area contributed by atoms with E-state index < -0.39 is 10.0 Å². The summed E-state index contributed by atoms with van der Waals surface area (Å²) in [5.74, 6) is 0.0517. The van der Waals surface area contributed by atoms with E-state index in [4.69, 9.17) is 0 Å². The maximum Gasteiger partial charge on any atom is 0.232 e. The molecule has 1 N–H and O–H groups in total. The van der Waals surface area contributed by atoms with Crippen LogP contribution in [-0.2, 0) is 10.0 Å². The molecule has 0 unspecified atom stereocenters. The number of fused-ring (bicyclic) bond motifs is 1. The zero-order chi connectivity index (χ0) is 11.8. The highest BCUT2D eigenvalue weighted by Gasteiger charge is 2.08. The van der Waals surface area contributed by atoms with Crippen LogP contribution in [0.15, 0.2) is 29.1 Å². The quantitative estimate of drug-likeness (QED) is 0.941. The second-order valence-corrected chi connectivity index (χ2v) is 6.06. The predicted octanol–water partition coefficient (Wildman–Crippen LogP) is 1.86. The minimum atomic E-state index is -3.24. The summed E-state index contributed by atoms with van der Waals surface area (Å²) in [6, 6.07) is 3.43. The van der Waals surface area contributed by atoms with Gasteiger partial charge >= 0.3 is 0 Å². The van der Waals surface area contributed by atoms with Gasteiger partial charge in [-0.15, -0.1) is 0 Å². The summed E-state index contributed by atoms with van der Waals surface area (Å²) in [7, 11) is -3.24. The van der Waals surface area contributed by atoms with Gasteiger partial charge in [-0.1, -0.05) is 0 Å². The summed E-state index contributed by atoms with van der Waals surface area (Å²) in [5.41, 5.74) is 1.28. The fraction of sp³-hybridized carbons (Fsp3) is 0.222. The lowest BCUT2D eigenvalue weighted by Gasteiger charge is -2.06. The van der Waals surface area contributed by atoms with Crippen LogP contribution in [0.2, 0.25) is 0 Å². The Morgan fingerprint density at radius 2 is 2.25 bits per heavy atom. The minimum absolute atomic E-state index is 0.0517. The van der Waals surface area contributed by atoms with Crippen LogP contribution in [0, 0.1) is 0 Å². The monoisotopic (exact) mass is 303 g/mol. The van der Waals surface area contributed by atoms with Gasteiger partial charge in [-0.25, -0.2) is 13.4 Å². The van der Waals surface area contributed by atoms with Gasteiger partial charge in [0.05, 0.1) is 17.6 Å². The van der Waals surface area contributed by atoms with Crippen LogP contribution in [0.4, 0.5) is 5.69 Å². The number of nitrogens with zero attached hydrogens (tertiary/aromatic N) is 2. The van der Waals surface area contributed by atoms with E-state index in [9.17, 15) is 8.42 Å². The van der Waals surface area contributed by atoms with Gasteiger partial charge in [0.25, 0.3) is 0 Å². The van der Waals surface area contributed by atoms with Crippen molar-refractivity contribution in [2.45, 2.75) is 6.92 Å². The van der Waals surface area contributed by atoms with Crippen LogP contribution in [0.1, 0.15) is 6.92 Å². The van der Waals surface area contributed by atoms with E-state index in [1.807, 2.05) is 0 Å². The van der Waals surface area contributed by atoms with E-state index in [2.05, 4.69) is 25.6 Å². The molecule has 0 radical (unpaired) electrons. The number of hydrogen-bond donors (Lipinski definition) is 1. The molecule has 2 rings (SSSR count). The van der Waals surface area contributed by atoms with Crippen molar-refractivity contribution < 1.29 is 8.42 Å². The van der Waals surface area contributed by atoms with Gasteiger partial charge in [-0.3, -0.25) is 9.12 Å². The number of aromatic nitrogens is 2. The Balaban J connectivity index is 2.43. The minimum Gasteiger partial charge on any atom is -0.292 e. The molecule has 0 aliphatic heterocycles. The van der Waals surface area contributed by atoms with Crippen molar-refractivity contribution >= 4 is 37.3 Å². The molecule has 0 bridgehead atoms. The van der Waals surface area contributed by atoms with E-state index in [-0.39, 0.29) is 5.75 Å². The molecule has 0 spiro atoms. The molecule has 0 saturated heterocycles. The van der Waals surface area contributed by atoms with Crippen LogP contribution in [0.5, 0.6) is 0 Å². The van der Waals surface area contributed by atoms with E-state index in [0.29, 0.717) is 5.69 Å². The second kappa shape index (κ2) is 4.06. The molecule has 2 aromatic rings. The van der Waals surface area contributed by atoms with Gasteiger partial charge < -0.3 is 0 Å². The third-order valence-electron chi connectivity index (χ3n) is 2.11. The Bertz CT molecular complexity index is 621. The standard InChI is InChI=1S/C9H10BrN3O2S/c1-2-16(14,15)12-7-3-4-9-11-5-8(10)13(9)6-7/h3-6,12H,2H2,1H3. The Morgan fingerprint density at radius 3 is 2.94 bits per heavy atom. The van der Waals surface area contributed by atoms with Crippen molar-refractivity contribution in [2.75, 3.05) is 10.5 Å². The molecular weight excluding hydrogens is 294 g/mol. The first-order valence-electron chi connectivity index (χ1n) is 4.65. The third kappa shape index (κ3) is 2.19. The summed E-state index contributed by atoms with van der Waals surface area (Å²) in [6.07, 6.45) is 3.34. The highest BCUT2D eigenvalue weighted by Crippen LogP contribution is 2.17. The average molecular weight is 304 g/mol. The SMILES string of the molecule is CCS(=O)(=O)Nc1ccc2ncc(Br)n2c1. The summed E-state index contributed by atoms with van der Waals surface area (Å²) in [5, 5.41) is 0. The first-order valence-corrected chi connectivity index (χ1v) is 7.09. The first-order chi connectivity index (χ1) is 7.52. The van der Waals surface area contributed by atoms with Crippen molar-refractivity contribution in [2.24, 2.45) is 0 Å². The topological polar surface area (TPSA) is 63.5 Å². The van der Waals surface area contributed by atoms with Crippen molar-refractivity contribution in [3.8, 4) is 0 Å². The van der Waals surface area contributed by atoms with E-state index >= 15 is 0 Å². The summed E-state index contributed by atoms with van der Waals surface area (Å²) in [6.45, 7) is 1.59. The molecule has 0 aromatic carbocycles. The molecule has 0 amide bonds. The lowest BCUT2D eigenvalue weighted by atomic mass is 10.4. The lowest BCUT2D eigenvalue weighted by Crippen LogP contribution is -2.14. The van der Waals surface area contributed by atoms with Gasteiger partial charge in [0.1, 0.15) is 10.3 Å². The number of halogens is 1. The van der Waals surface area contributed by atoms with Crippen LogP contribution in [0.3, 0.4) is 0 Å². The highest BCUT2D eigenvalue weighted by atomic mass is 79.9. The van der Waals surface area contributed by atoms with Crippen molar-refractivity contribution in [3.63, 3.8) is 0 Å². The van der Waals surface area contributed by atoms with Crippen LogP contribution in [0.25, 0.3) is 5.65 Å². The molecule has 0 atom stereocenters. The van der Waals surface area contributed by atoms with Crippen molar-refractivity contribution in [1.82, 2.24) is 9.38 Å². The summed E-state index contributed by atoms with van der Waals surface area (Å²) < 4.78 is 27.8. The highest BCUT2D eigenvalue weighted by molar-refractivity contribution is 9.10. The Morgan fingerprint density at radius 1 is 1.50 bits per heavy atom. The maximum absolute atomic E-state index is 11.4. The number of rotatable bonds is 3. The summed E-state index contributed by atoms with van der Waals surface area (Å²) in [4.78, 5) is 4.11. The molecular formula is C9H10BrN3O2S. The first kappa shape index (κ1) is 11.4. The Kier molecular flexibility index (Phi) is 2.90. The molecule has 86 valence electrons. The molecule has 7 heteroatoms. The molecule has 5 nitrogen and oxygen atoms in total. The van der Waals surface area contributed by atoms with Gasteiger partial charge in [0.2, 0.25) is 10.0 Å². The summed E-state index contributed by atoms with van der Waals surface area (Å²) >= 11 is 3.32. The van der Waals surface area contributed by atoms with Gasteiger partial charge in [0.15, 0.2) is 0 Å². The number of nitrogens with one attached hydrogen (secondary N) is 1. The van der Waals surface area contributed by atoms with E-state index in [1.165, 1.54) is 0 Å². The maximum atomic E-state index is 11.4. The molecule has 0 aliphatic rings. The largest absolute Gasteiger partial charge is 0.292 e. The number of pyridine rings is 1. The Hall–Kier alpha value is -1.08. The van der Waals surface area contributed by atoms with Gasteiger partial charge in [-0.05, 0) is 35.0 Å². The fourth-order valence-electron chi connectivity index (χ4n) is 1.26. The van der Waals surface area contributed by atoms with Crippen molar-refractivity contribution in [3.05, 3.63) is 29.1 Å². The number of sulfonamides is 1. The predicted molar refractivity (Wildman–Crippen MR) is 66.0 cm³/mol. The van der Waals surface area contributed by atoms with Crippen LogP contribution in [-0.4, -0.2) is 23.6 Å². The molecule has 2 aromatic heterocycles. The molecule has 0 fully saturated rings. The number of imidazole rings is 1. The molecule has 16 heavy (non-hydrogen) atoms. The van der Waals surface area contributed by atoms with Gasteiger partial charge in [-0.2, -0.15) is 0 Å². The number of hydrogen-bond acceptors (Lipinski definition) is 3. The van der Waals surface area contributed by atoms with E-state index in [1.54, 1.807) is 35.9 Å². The smallest absolute Gasteiger partial charge is 0.232 e. The van der Waals surface area contributed by atoms with Crippen LogP contribution < -0.4 is 4.72 Å². The second-order valence-electron chi connectivity index (χ2n) is 3.23. The normalized spacial score (nSPS) is 11.9. The van der Waals surface area contributed by atoms with E-state index in [0.717, 1.165) is 10.3 Å². The molecule has 2 heterocycles. The third-order valence-corrected chi connectivity index (χ3v) is 4.01.